The minimum absolute atomic E-state index is 0.0155. The van der Waals surface area contributed by atoms with Gasteiger partial charge in [-0.05, 0) is 6.42 Å². The molecule has 0 N–H and O–H groups in total. The number of hydrogen-bond acceptors (Lipinski definition) is 5. The third-order valence-corrected chi connectivity index (χ3v) is 3.94. The smallest absolute Gasteiger partial charge is 0.435 e. The Bertz CT molecular complexity index is 591. The van der Waals surface area contributed by atoms with Crippen LogP contribution < -0.4 is 0 Å². The van der Waals surface area contributed by atoms with Crippen molar-refractivity contribution in [2.45, 2.75) is 37.8 Å². The van der Waals surface area contributed by atoms with Crippen LogP contribution in [0.5, 0.6) is 0 Å². The molecule has 3 rings (SSSR count). The number of methoxy groups -OCH3 is 1. The van der Waals surface area contributed by atoms with Crippen molar-refractivity contribution in [2.24, 2.45) is 0 Å². The second kappa shape index (κ2) is 5.24. The number of carbonyl (C=O) groups is 1. The molecule has 2 heterocycles. The topological polar surface area (TPSA) is 62.6 Å². The van der Waals surface area contributed by atoms with Crippen LogP contribution in [0.2, 0.25) is 0 Å². The van der Waals surface area contributed by atoms with Gasteiger partial charge in [-0.3, -0.25) is 9.48 Å². The average Bonchev–Trinajstić information content (AvgIpc) is 3.04. The van der Waals surface area contributed by atoms with Gasteiger partial charge in [-0.1, -0.05) is 0 Å². The Kier molecular flexibility index (Phi) is 3.64. The molecular formula is C13H15F3N2O4. The lowest BCUT2D eigenvalue weighted by Crippen LogP contribution is -2.38. The summed E-state index contributed by atoms with van der Waals surface area (Å²) in [6, 6.07) is 0. The molecule has 1 aliphatic heterocycles. The highest BCUT2D eigenvalue weighted by molar-refractivity contribution is 5.69. The van der Waals surface area contributed by atoms with Crippen molar-refractivity contribution in [2.75, 3.05) is 20.3 Å². The van der Waals surface area contributed by atoms with E-state index in [-0.39, 0.29) is 18.5 Å². The summed E-state index contributed by atoms with van der Waals surface area (Å²) in [5.74, 6) is -1.64. The minimum atomic E-state index is -4.59. The monoisotopic (exact) mass is 320 g/mol. The lowest BCUT2D eigenvalue weighted by atomic mass is 9.90. The molecule has 122 valence electrons. The molecule has 0 radical (unpaired) electrons. The minimum Gasteiger partial charge on any atom is -0.468 e. The van der Waals surface area contributed by atoms with E-state index in [9.17, 15) is 18.0 Å². The van der Waals surface area contributed by atoms with Crippen molar-refractivity contribution in [3.8, 4) is 0 Å². The number of aromatic nitrogens is 2. The van der Waals surface area contributed by atoms with Gasteiger partial charge in [0, 0.05) is 24.1 Å². The molecule has 9 heteroatoms. The summed E-state index contributed by atoms with van der Waals surface area (Å²) >= 11 is 0. The van der Waals surface area contributed by atoms with Crippen LogP contribution in [0.15, 0.2) is 0 Å². The number of halogens is 3. The first-order valence-electron chi connectivity index (χ1n) is 6.85. The van der Waals surface area contributed by atoms with Crippen LogP contribution in [0, 0.1) is 0 Å². The van der Waals surface area contributed by atoms with E-state index in [1.165, 1.54) is 7.11 Å². The lowest BCUT2D eigenvalue weighted by molar-refractivity contribution is -0.167. The van der Waals surface area contributed by atoms with Crippen LogP contribution in [0.4, 0.5) is 13.2 Å². The zero-order valence-electron chi connectivity index (χ0n) is 11.9. The fourth-order valence-electron chi connectivity index (χ4n) is 2.95. The highest BCUT2D eigenvalue weighted by Crippen LogP contribution is 2.41. The fourth-order valence-corrected chi connectivity index (χ4v) is 2.95. The summed E-state index contributed by atoms with van der Waals surface area (Å²) in [5.41, 5.74) is -0.545. The molecule has 1 aromatic heterocycles. The largest absolute Gasteiger partial charge is 0.468 e. The van der Waals surface area contributed by atoms with Gasteiger partial charge in [0.1, 0.15) is 6.54 Å². The van der Waals surface area contributed by atoms with Gasteiger partial charge >= 0.3 is 12.1 Å². The molecule has 0 bridgehead atoms. The summed E-state index contributed by atoms with van der Waals surface area (Å²) in [5, 5.41) is 3.59. The first-order valence-corrected chi connectivity index (χ1v) is 6.85. The van der Waals surface area contributed by atoms with Crippen LogP contribution in [0.1, 0.15) is 23.4 Å². The molecule has 1 saturated heterocycles. The predicted molar refractivity (Wildman–Crippen MR) is 65.9 cm³/mol. The van der Waals surface area contributed by atoms with Crippen molar-refractivity contribution in [1.82, 2.24) is 9.78 Å². The van der Waals surface area contributed by atoms with Crippen molar-refractivity contribution < 1.29 is 32.2 Å². The number of ether oxygens (including phenoxy) is 3. The third kappa shape index (κ3) is 2.58. The Balaban J connectivity index is 2.00. The third-order valence-electron chi connectivity index (χ3n) is 3.94. The molecule has 1 aromatic rings. The number of carbonyl (C=O) groups excluding carboxylic acids is 1. The van der Waals surface area contributed by atoms with Gasteiger partial charge in [-0.25, -0.2) is 0 Å². The van der Waals surface area contributed by atoms with E-state index in [4.69, 9.17) is 9.47 Å². The van der Waals surface area contributed by atoms with E-state index in [0.717, 1.165) is 4.68 Å². The molecular weight excluding hydrogens is 305 g/mol. The number of esters is 1. The molecule has 22 heavy (non-hydrogen) atoms. The molecule has 1 spiro atoms. The van der Waals surface area contributed by atoms with Gasteiger partial charge in [0.25, 0.3) is 0 Å². The summed E-state index contributed by atoms with van der Waals surface area (Å²) in [4.78, 5) is 11.4. The molecule has 0 atom stereocenters. The summed E-state index contributed by atoms with van der Waals surface area (Å²) in [6.07, 6.45) is -3.87. The second-order valence-electron chi connectivity index (χ2n) is 5.29. The molecule has 6 nitrogen and oxygen atoms in total. The number of rotatable bonds is 2. The maximum atomic E-state index is 13.2. The van der Waals surface area contributed by atoms with E-state index in [0.29, 0.717) is 31.7 Å². The lowest BCUT2D eigenvalue weighted by Gasteiger charge is -2.31. The van der Waals surface area contributed by atoms with Crippen LogP contribution in [0.25, 0.3) is 0 Å². The molecule has 1 fully saturated rings. The Morgan fingerprint density at radius 3 is 2.68 bits per heavy atom. The van der Waals surface area contributed by atoms with E-state index in [1.54, 1.807) is 0 Å². The quantitative estimate of drug-likeness (QED) is 0.769. The molecule has 0 amide bonds. The van der Waals surface area contributed by atoms with Crippen LogP contribution in [-0.4, -0.2) is 41.9 Å². The first kappa shape index (κ1) is 15.3. The predicted octanol–water partition coefficient (Wildman–Crippen LogP) is 1.31. The molecule has 2 aliphatic rings. The average molecular weight is 320 g/mol. The van der Waals surface area contributed by atoms with Crippen LogP contribution >= 0.6 is 0 Å². The Hall–Kier alpha value is -1.61. The maximum absolute atomic E-state index is 13.2. The normalized spacial score (nSPS) is 20.2. The maximum Gasteiger partial charge on any atom is 0.435 e. The van der Waals surface area contributed by atoms with Gasteiger partial charge in [-0.2, -0.15) is 18.3 Å². The zero-order chi connectivity index (χ0) is 16.0. The van der Waals surface area contributed by atoms with Crippen molar-refractivity contribution in [3.05, 3.63) is 17.0 Å². The second-order valence-corrected chi connectivity index (χ2v) is 5.29. The van der Waals surface area contributed by atoms with Crippen LogP contribution in [0.3, 0.4) is 0 Å². The number of alkyl halides is 3. The van der Waals surface area contributed by atoms with E-state index in [2.05, 4.69) is 9.84 Å². The van der Waals surface area contributed by atoms with Crippen molar-refractivity contribution in [3.63, 3.8) is 0 Å². The molecule has 0 unspecified atom stereocenters. The van der Waals surface area contributed by atoms with Crippen LogP contribution in [-0.2, 0) is 44.6 Å². The van der Waals surface area contributed by atoms with Gasteiger partial charge in [-0.15, -0.1) is 0 Å². The fraction of sp³-hybridized carbons (Fsp3) is 0.692. The SMILES string of the molecule is COC(=O)Cn1nc(C(F)(F)F)c2c1CCC1(C2)OCCO1. The van der Waals surface area contributed by atoms with Gasteiger partial charge in [0.15, 0.2) is 11.5 Å². The van der Waals surface area contributed by atoms with Gasteiger partial charge in [0.2, 0.25) is 0 Å². The highest BCUT2D eigenvalue weighted by atomic mass is 19.4. The highest BCUT2D eigenvalue weighted by Gasteiger charge is 2.47. The Morgan fingerprint density at radius 1 is 1.41 bits per heavy atom. The zero-order valence-corrected chi connectivity index (χ0v) is 11.9. The summed E-state index contributed by atoms with van der Waals surface area (Å²) < 4.78 is 56.2. The number of nitrogens with zero attached hydrogens (tertiary/aromatic N) is 2. The van der Waals surface area contributed by atoms with E-state index < -0.39 is 23.6 Å². The number of hydrogen-bond donors (Lipinski definition) is 0. The van der Waals surface area contributed by atoms with Gasteiger partial charge < -0.3 is 14.2 Å². The standard InChI is InChI=1S/C13H15F3N2O4/c1-20-10(19)7-18-9-2-3-12(21-4-5-22-12)6-8(9)11(17-18)13(14,15)16/h2-7H2,1H3. The number of fused-ring (bicyclic) bond motifs is 1. The first-order chi connectivity index (χ1) is 10.3. The Morgan fingerprint density at radius 2 is 2.09 bits per heavy atom. The Labute approximate surface area is 124 Å². The molecule has 1 aliphatic carbocycles. The van der Waals surface area contributed by atoms with Crippen molar-refractivity contribution in [1.29, 1.82) is 0 Å². The van der Waals surface area contributed by atoms with Crippen molar-refractivity contribution >= 4 is 5.97 Å². The van der Waals surface area contributed by atoms with E-state index >= 15 is 0 Å². The molecule has 0 aromatic carbocycles. The molecule has 0 saturated carbocycles. The summed E-state index contributed by atoms with van der Waals surface area (Å²) in [6.45, 7) is 0.392. The van der Waals surface area contributed by atoms with Gasteiger partial charge in [0.05, 0.1) is 20.3 Å². The summed E-state index contributed by atoms with van der Waals surface area (Å²) in [7, 11) is 1.18. The van der Waals surface area contributed by atoms with E-state index in [1.807, 2.05) is 0 Å².